The van der Waals surface area contributed by atoms with Crippen molar-refractivity contribution in [3.05, 3.63) is 59.7 Å². The van der Waals surface area contributed by atoms with Crippen LogP contribution in [0.3, 0.4) is 0 Å². The second kappa shape index (κ2) is 8.64. The topological polar surface area (TPSA) is 71.3 Å². The van der Waals surface area contributed by atoms with Crippen LogP contribution < -0.4 is 14.8 Å². The summed E-state index contributed by atoms with van der Waals surface area (Å²) in [6.45, 7) is -1.40. The quantitative estimate of drug-likeness (QED) is 0.835. The molecule has 0 aliphatic carbocycles. The summed E-state index contributed by atoms with van der Waals surface area (Å²) in [6, 6.07) is 14.7. The summed E-state index contributed by atoms with van der Waals surface area (Å²) in [5.41, 5.74) is 0.735. The molecule has 0 saturated carbocycles. The van der Waals surface area contributed by atoms with Crippen molar-refractivity contribution >= 4 is 5.91 Å². The molecule has 7 heteroatoms. The van der Waals surface area contributed by atoms with Crippen molar-refractivity contribution in [3.8, 4) is 17.6 Å². The Kier molecular flexibility index (Phi) is 6.29. The number of rotatable bonds is 7. The Morgan fingerprint density at radius 2 is 1.76 bits per heavy atom. The van der Waals surface area contributed by atoms with E-state index in [2.05, 4.69) is 10.1 Å². The Hall–Kier alpha value is -3.14. The lowest BCUT2D eigenvalue weighted by atomic mass is 10.2. The fourth-order valence-electron chi connectivity index (χ4n) is 2.09. The van der Waals surface area contributed by atoms with Gasteiger partial charge in [0.2, 0.25) is 0 Å². The summed E-state index contributed by atoms with van der Waals surface area (Å²) >= 11 is 0. The molecular formula is C18H16F2N2O3. The molecule has 1 atom stereocenters. The van der Waals surface area contributed by atoms with Crippen molar-refractivity contribution in [1.29, 1.82) is 5.26 Å². The zero-order valence-corrected chi connectivity index (χ0v) is 13.4. The van der Waals surface area contributed by atoms with Gasteiger partial charge < -0.3 is 14.8 Å². The molecule has 25 heavy (non-hydrogen) atoms. The third kappa shape index (κ3) is 5.18. The maximum atomic E-state index is 12.4. The first-order valence-electron chi connectivity index (χ1n) is 7.47. The number of alkyl halides is 2. The van der Waals surface area contributed by atoms with Gasteiger partial charge in [0.1, 0.15) is 17.6 Å². The van der Waals surface area contributed by atoms with E-state index in [9.17, 15) is 13.6 Å². The van der Waals surface area contributed by atoms with Gasteiger partial charge in [-0.25, -0.2) is 0 Å². The van der Waals surface area contributed by atoms with Crippen molar-refractivity contribution < 1.29 is 23.0 Å². The molecule has 2 rings (SSSR count). The van der Waals surface area contributed by atoms with E-state index < -0.39 is 18.6 Å². The number of nitrogens with zero attached hydrogens (tertiary/aromatic N) is 1. The predicted molar refractivity (Wildman–Crippen MR) is 86.2 cm³/mol. The molecule has 1 unspecified atom stereocenters. The maximum Gasteiger partial charge on any atom is 0.387 e. The van der Waals surface area contributed by atoms with E-state index in [-0.39, 0.29) is 12.3 Å². The number of nitrogens with one attached hydrogen (secondary N) is 1. The van der Waals surface area contributed by atoms with Crippen LogP contribution in [0.15, 0.2) is 48.5 Å². The number of amides is 1. The summed E-state index contributed by atoms with van der Waals surface area (Å²) in [4.78, 5) is 12.1. The number of nitriles is 1. The molecule has 0 aromatic heterocycles. The number of para-hydroxylation sites is 2. The summed E-state index contributed by atoms with van der Waals surface area (Å²) < 4.78 is 34.7. The predicted octanol–water partition coefficient (Wildman–Crippen LogP) is 3.24. The highest BCUT2D eigenvalue weighted by Crippen LogP contribution is 2.21. The van der Waals surface area contributed by atoms with E-state index in [1.54, 1.807) is 42.5 Å². The largest absolute Gasteiger partial charge is 0.480 e. The van der Waals surface area contributed by atoms with Crippen LogP contribution in [-0.4, -0.2) is 18.6 Å². The van der Waals surface area contributed by atoms with Crippen LogP contribution in [0.1, 0.15) is 18.1 Å². The van der Waals surface area contributed by atoms with Gasteiger partial charge in [-0.3, -0.25) is 4.79 Å². The van der Waals surface area contributed by atoms with Gasteiger partial charge in [0.25, 0.3) is 5.91 Å². The van der Waals surface area contributed by atoms with Gasteiger partial charge in [-0.15, -0.1) is 0 Å². The SMILES string of the molecule is CC(Oc1ccccc1C#N)C(=O)NCc1ccccc1OC(F)F. The van der Waals surface area contributed by atoms with Gasteiger partial charge in [0.15, 0.2) is 6.10 Å². The number of benzene rings is 2. The van der Waals surface area contributed by atoms with E-state index in [4.69, 9.17) is 10.00 Å². The zero-order chi connectivity index (χ0) is 18.2. The van der Waals surface area contributed by atoms with Gasteiger partial charge in [0.05, 0.1) is 5.56 Å². The molecule has 1 amide bonds. The van der Waals surface area contributed by atoms with Crippen LogP contribution in [0, 0.1) is 11.3 Å². The highest BCUT2D eigenvalue weighted by Gasteiger charge is 2.17. The monoisotopic (exact) mass is 346 g/mol. The number of carbonyl (C=O) groups excluding carboxylic acids is 1. The minimum absolute atomic E-state index is 0.00111. The standard InChI is InChI=1S/C18H16F2N2O3/c1-12(24-15-8-4-2-6-13(15)10-21)17(23)22-11-14-7-3-5-9-16(14)25-18(19)20/h2-9,12,18H,11H2,1H3,(H,22,23). The maximum absolute atomic E-state index is 12.4. The average molecular weight is 346 g/mol. The zero-order valence-electron chi connectivity index (χ0n) is 13.4. The normalized spacial score (nSPS) is 11.5. The Morgan fingerprint density at radius 1 is 1.12 bits per heavy atom. The van der Waals surface area contributed by atoms with Gasteiger partial charge in [-0.2, -0.15) is 14.0 Å². The molecule has 5 nitrogen and oxygen atoms in total. The minimum Gasteiger partial charge on any atom is -0.480 e. The third-order valence-corrected chi connectivity index (χ3v) is 3.32. The van der Waals surface area contributed by atoms with Crippen LogP contribution in [-0.2, 0) is 11.3 Å². The first-order chi connectivity index (χ1) is 12.0. The van der Waals surface area contributed by atoms with Crippen molar-refractivity contribution in [2.45, 2.75) is 26.2 Å². The lowest BCUT2D eigenvalue weighted by Crippen LogP contribution is -2.36. The molecule has 0 heterocycles. The van der Waals surface area contributed by atoms with Gasteiger partial charge in [-0.05, 0) is 25.1 Å². The van der Waals surface area contributed by atoms with Gasteiger partial charge >= 0.3 is 6.61 Å². The smallest absolute Gasteiger partial charge is 0.387 e. The van der Waals surface area contributed by atoms with E-state index in [1.807, 2.05) is 6.07 Å². The number of ether oxygens (including phenoxy) is 2. The molecule has 0 fully saturated rings. The van der Waals surface area contributed by atoms with Crippen molar-refractivity contribution in [1.82, 2.24) is 5.32 Å². The van der Waals surface area contributed by atoms with Crippen molar-refractivity contribution in [3.63, 3.8) is 0 Å². The van der Waals surface area contributed by atoms with Crippen molar-refractivity contribution in [2.24, 2.45) is 0 Å². The third-order valence-electron chi connectivity index (χ3n) is 3.32. The van der Waals surface area contributed by atoms with Crippen LogP contribution >= 0.6 is 0 Å². The van der Waals surface area contributed by atoms with Crippen LogP contribution in [0.4, 0.5) is 8.78 Å². The van der Waals surface area contributed by atoms with Crippen molar-refractivity contribution in [2.75, 3.05) is 0 Å². The molecule has 0 saturated heterocycles. The summed E-state index contributed by atoms with van der Waals surface area (Å²) in [5.74, 6) is -0.144. The highest BCUT2D eigenvalue weighted by molar-refractivity contribution is 5.80. The van der Waals surface area contributed by atoms with Gasteiger partial charge in [-0.1, -0.05) is 30.3 Å². The van der Waals surface area contributed by atoms with Crippen LogP contribution in [0.25, 0.3) is 0 Å². The van der Waals surface area contributed by atoms with E-state index >= 15 is 0 Å². The molecule has 0 aliphatic heterocycles. The minimum atomic E-state index is -2.94. The fourth-order valence-corrected chi connectivity index (χ4v) is 2.09. The molecule has 0 aliphatic rings. The molecule has 0 radical (unpaired) electrons. The molecule has 0 bridgehead atoms. The average Bonchev–Trinajstić information content (AvgIpc) is 2.60. The number of carbonyl (C=O) groups is 1. The van der Waals surface area contributed by atoms with Crippen LogP contribution in [0.5, 0.6) is 11.5 Å². The summed E-state index contributed by atoms with van der Waals surface area (Å²) in [7, 11) is 0. The second-order valence-electron chi connectivity index (χ2n) is 5.07. The number of halogens is 2. The molecule has 2 aromatic rings. The number of hydrogen-bond donors (Lipinski definition) is 1. The lowest BCUT2D eigenvalue weighted by Gasteiger charge is -2.16. The fraction of sp³-hybridized carbons (Fsp3) is 0.222. The molecule has 130 valence electrons. The van der Waals surface area contributed by atoms with E-state index in [1.165, 1.54) is 13.0 Å². The first-order valence-corrected chi connectivity index (χ1v) is 7.47. The number of hydrogen-bond acceptors (Lipinski definition) is 4. The molecular weight excluding hydrogens is 330 g/mol. The van der Waals surface area contributed by atoms with Crippen LogP contribution in [0.2, 0.25) is 0 Å². The molecule has 0 spiro atoms. The Balaban J connectivity index is 1.97. The molecule has 1 N–H and O–H groups in total. The lowest BCUT2D eigenvalue weighted by molar-refractivity contribution is -0.127. The Labute approximate surface area is 143 Å². The van der Waals surface area contributed by atoms with Gasteiger partial charge in [0, 0.05) is 12.1 Å². The Bertz CT molecular complexity index is 775. The summed E-state index contributed by atoms with van der Waals surface area (Å²) in [6.07, 6.45) is -0.863. The molecule has 2 aromatic carbocycles. The summed E-state index contributed by atoms with van der Waals surface area (Å²) in [5, 5.41) is 11.6. The second-order valence-corrected chi connectivity index (χ2v) is 5.07. The highest BCUT2D eigenvalue weighted by atomic mass is 19.3. The first kappa shape index (κ1) is 18.2. The van der Waals surface area contributed by atoms with E-state index in [0.717, 1.165) is 0 Å². The Morgan fingerprint density at radius 3 is 2.44 bits per heavy atom. The van der Waals surface area contributed by atoms with E-state index in [0.29, 0.717) is 16.9 Å².